The van der Waals surface area contributed by atoms with Crippen LogP contribution in [0.4, 0.5) is 0 Å². The molecule has 0 bridgehead atoms. The van der Waals surface area contributed by atoms with Crippen molar-refractivity contribution >= 4 is 5.91 Å². The van der Waals surface area contributed by atoms with Crippen LogP contribution >= 0.6 is 0 Å². The van der Waals surface area contributed by atoms with Gasteiger partial charge in [0.2, 0.25) is 5.91 Å². The molecule has 1 aliphatic heterocycles. The van der Waals surface area contributed by atoms with Crippen LogP contribution in [-0.4, -0.2) is 31.8 Å². The summed E-state index contributed by atoms with van der Waals surface area (Å²) in [6.07, 6.45) is 3.33. The van der Waals surface area contributed by atoms with E-state index in [2.05, 4.69) is 11.4 Å². The molecule has 1 saturated carbocycles. The standard InChI is InChI=1S/C17H24N2O3/c1-21-16-9-13(3-4-14(16)18)17(20)19-10-11-2-5-15-12(8-11)6-7-22-15/h2,5,8,13-14,16H,3-4,6-7,9-10,18H2,1H3,(H,19,20)/t13-,14+,16+/m0/s1. The summed E-state index contributed by atoms with van der Waals surface area (Å²) in [7, 11) is 1.66. The monoisotopic (exact) mass is 304 g/mol. The number of nitrogens with one attached hydrogen (secondary N) is 1. The number of carbonyl (C=O) groups is 1. The SMILES string of the molecule is CO[C@@H]1C[C@@H](C(=O)NCc2ccc3c(c2)CCO3)CC[C@H]1N. The Morgan fingerprint density at radius 3 is 3.14 bits per heavy atom. The van der Waals surface area contributed by atoms with Gasteiger partial charge in [-0.25, -0.2) is 0 Å². The van der Waals surface area contributed by atoms with Crippen molar-refractivity contribution in [2.24, 2.45) is 11.7 Å². The maximum absolute atomic E-state index is 12.3. The van der Waals surface area contributed by atoms with Gasteiger partial charge in [0.25, 0.3) is 0 Å². The largest absolute Gasteiger partial charge is 0.493 e. The average Bonchev–Trinajstić information content (AvgIpc) is 3.00. The molecule has 3 N–H and O–H groups in total. The summed E-state index contributed by atoms with van der Waals surface area (Å²) >= 11 is 0. The topological polar surface area (TPSA) is 73.6 Å². The van der Waals surface area contributed by atoms with Gasteiger partial charge in [0.05, 0.1) is 12.7 Å². The van der Waals surface area contributed by atoms with Crippen LogP contribution in [0, 0.1) is 5.92 Å². The number of rotatable bonds is 4. The molecule has 0 saturated heterocycles. The molecule has 3 rings (SSSR count). The maximum atomic E-state index is 12.3. The Morgan fingerprint density at radius 2 is 2.32 bits per heavy atom. The number of fused-ring (bicyclic) bond motifs is 1. The van der Waals surface area contributed by atoms with Crippen molar-refractivity contribution < 1.29 is 14.3 Å². The predicted molar refractivity (Wildman–Crippen MR) is 83.6 cm³/mol. The van der Waals surface area contributed by atoms with Crippen molar-refractivity contribution in [1.29, 1.82) is 0 Å². The third-order valence-electron chi connectivity index (χ3n) is 4.74. The van der Waals surface area contributed by atoms with Crippen molar-refractivity contribution in [2.75, 3.05) is 13.7 Å². The average molecular weight is 304 g/mol. The van der Waals surface area contributed by atoms with Gasteiger partial charge in [-0.1, -0.05) is 12.1 Å². The zero-order chi connectivity index (χ0) is 15.5. The van der Waals surface area contributed by atoms with E-state index < -0.39 is 0 Å². The lowest BCUT2D eigenvalue weighted by Gasteiger charge is -2.32. The van der Waals surface area contributed by atoms with Gasteiger partial charge in [-0.3, -0.25) is 4.79 Å². The minimum Gasteiger partial charge on any atom is -0.493 e. The minimum absolute atomic E-state index is 0.00232. The summed E-state index contributed by atoms with van der Waals surface area (Å²) in [5.74, 6) is 1.08. The first-order valence-electron chi connectivity index (χ1n) is 7.98. The second-order valence-corrected chi connectivity index (χ2v) is 6.21. The van der Waals surface area contributed by atoms with E-state index >= 15 is 0 Å². The Hall–Kier alpha value is -1.59. The molecular formula is C17H24N2O3. The van der Waals surface area contributed by atoms with Crippen LogP contribution in [0.15, 0.2) is 18.2 Å². The van der Waals surface area contributed by atoms with Crippen LogP contribution in [0.5, 0.6) is 5.75 Å². The van der Waals surface area contributed by atoms with Gasteiger partial charge >= 0.3 is 0 Å². The Kier molecular flexibility index (Phi) is 4.64. The fourth-order valence-corrected chi connectivity index (χ4v) is 3.35. The van der Waals surface area contributed by atoms with Crippen molar-refractivity contribution in [3.8, 4) is 5.75 Å². The lowest BCUT2D eigenvalue weighted by molar-refractivity contribution is -0.128. The van der Waals surface area contributed by atoms with Crippen LogP contribution < -0.4 is 15.8 Å². The van der Waals surface area contributed by atoms with Gasteiger partial charge in [0.1, 0.15) is 5.75 Å². The molecule has 0 aromatic heterocycles. The highest BCUT2D eigenvalue weighted by Gasteiger charge is 2.31. The molecule has 5 heteroatoms. The summed E-state index contributed by atoms with van der Waals surface area (Å²) < 4.78 is 10.9. The van der Waals surface area contributed by atoms with E-state index in [1.165, 1.54) is 5.56 Å². The summed E-state index contributed by atoms with van der Waals surface area (Å²) in [6, 6.07) is 6.17. The van der Waals surface area contributed by atoms with E-state index in [4.69, 9.17) is 15.2 Å². The second-order valence-electron chi connectivity index (χ2n) is 6.21. The lowest BCUT2D eigenvalue weighted by atomic mass is 9.83. The first-order chi connectivity index (χ1) is 10.7. The molecule has 0 unspecified atom stereocenters. The van der Waals surface area contributed by atoms with E-state index in [-0.39, 0.29) is 24.0 Å². The third kappa shape index (κ3) is 3.25. The van der Waals surface area contributed by atoms with E-state index in [1.54, 1.807) is 7.11 Å². The fraction of sp³-hybridized carbons (Fsp3) is 0.588. The molecule has 1 aliphatic carbocycles. The highest BCUT2D eigenvalue weighted by Crippen LogP contribution is 2.27. The van der Waals surface area contributed by atoms with Gasteiger partial charge in [-0.2, -0.15) is 0 Å². The fourth-order valence-electron chi connectivity index (χ4n) is 3.35. The molecule has 1 aromatic rings. The molecular weight excluding hydrogens is 280 g/mol. The van der Waals surface area contributed by atoms with Crippen molar-refractivity contribution in [2.45, 2.75) is 44.4 Å². The van der Waals surface area contributed by atoms with Gasteiger partial charge in [-0.05, 0) is 36.5 Å². The summed E-state index contributed by atoms with van der Waals surface area (Å²) in [4.78, 5) is 12.3. The van der Waals surface area contributed by atoms with Crippen molar-refractivity contribution in [1.82, 2.24) is 5.32 Å². The molecule has 1 heterocycles. The number of amides is 1. The molecule has 120 valence electrons. The van der Waals surface area contributed by atoms with Gasteiger partial charge < -0.3 is 20.5 Å². The van der Waals surface area contributed by atoms with Crippen LogP contribution in [0.1, 0.15) is 30.4 Å². The van der Waals surface area contributed by atoms with Crippen LogP contribution in [0.2, 0.25) is 0 Å². The number of hydrogen-bond acceptors (Lipinski definition) is 4. The van der Waals surface area contributed by atoms with E-state index in [0.717, 1.165) is 37.2 Å². The molecule has 1 amide bonds. The number of methoxy groups -OCH3 is 1. The number of carbonyl (C=O) groups excluding carboxylic acids is 1. The van der Waals surface area contributed by atoms with E-state index in [9.17, 15) is 4.79 Å². The Morgan fingerprint density at radius 1 is 1.45 bits per heavy atom. The smallest absolute Gasteiger partial charge is 0.223 e. The number of nitrogens with two attached hydrogens (primary N) is 1. The summed E-state index contributed by atoms with van der Waals surface area (Å²) in [5, 5.41) is 3.04. The number of ether oxygens (including phenoxy) is 2. The zero-order valence-corrected chi connectivity index (χ0v) is 13.0. The summed E-state index contributed by atoms with van der Waals surface area (Å²) in [5.41, 5.74) is 8.35. The molecule has 22 heavy (non-hydrogen) atoms. The molecule has 0 spiro atoms. The Balaban J connectivity index is 1.54. The highest BCUT2D eigenvalue weighted by atomic mass is 16.5. The Bertz CT molecular complexity index is 547. The Labute approximate surface area is 131 Å². The molecule has 1 aromatic carbocycles. The first-order valence-corrected chi connectivity index (χ1v) is 7.98. The number of benzene rings is 1. The zero-order valence-electron chi connectivity index (χ0n) is 13.0. The molecule has 1 fully saturated rings. The van der Waals surface area contributed by atoms with Gasteiger partial charge in [0.15, 0.2) is 0 Å². The van der Waals surface area contributed by atoms with Gasteiger partial charge in [-0.15, -0.1) is 0 Å². The minimum atomic E-state index is -0.0124. The third-order valence-corrected chi connectivity index (χ3v) is 4.74. The van der Waals surface area contributed by atoms with E-state index in [0.29, 0.717) is 13.0 Å². The number of hydrogen-bond donors (Lipinski definition) is 2. The quantitative estimate of drug-likeness (QED) is 0.881. The lowest BCUT2D eigenvalue weighted by Crippen LogP contribution is -2.45. The maximum Gasteiger partial charge on any atom is 0.223 e. The second kappa shape index (κ2) is 6.67. The van der Waals surface area contributed by atoms with Crippen molar-refractivity contribution in [3.05, 3.63) is 29.3 Å². The molecule has 2 aliphatic rings. The normalized spacial score (nSPS) is 27.1. The molecule has 3 atom stereocenters. The van der Waals surface area contributed by atoms with Crippen molar-refractivity contribution in [3.63, 3.8) is 0 Å². The van der Waals surface area contributed by atoms with Crippen LogP contribution in [0.25, 0.3) is 0 Å². The highest BCUT2D eigenvalue weighted by molar-refractivity contribution is 5.78. The molecule has 5 nitrogen and oxygen atoms in total. The van der Waals surface area contributed by atoms with Crippen LogP contribution in [-0.2, 0) is 22.5 Å². The van der Waals surface area contributed by atoms with Crippen LogP contribution in [0.3, 0.4) is 0 Å². The molecule has 0 radical (unpaired) electrons. The van der Waals surface area contributed by atoms with Gasteiger partial charge in [0, 0.05) is 32.0 Å². The summed E-state index contributed by atoms with van der Waals surface area (Å²) in [6.45, 7) is 1.32. The predicted octanol–water partition coefficient (Wildman–Crippen LogP) is 1.38. The first kappa shape index (κ1) is 15.3. The van der Waals surface area contributed by atoms with E-state index in [1.807, 2.05) is 12.1 Å².